The second-order valence-electron chi connectivity index (χ2n) is 7.41. The highest BCUT2D eigenvalue weighted by atomic mass is 16.3. The molecule has 126 valence electrons. The zero-order valence-corrected chi connectivity index (χ0v) is 15.3. The monoisotopic (exact) mass is 315 g/mol. The molecule has 0 radical (unpaired) electrons. The van der Waals surface area contributed by atoms with Crippen LogP contribution in [0, 0.1) is 25.7 Å². The van der Waals surface area contributed by atoms with Gasteiger partial charge < -0.3 is 9.32 Å². The zero-order chi connectivity index (χ0) is 17.1. The minimum atomic E-state index is 0.188. The van der Waals surface area contributed by atoms with Gasteiger partial charge in [0.2, 0.25) is 5.91 Å². The first-order chi connectivity index (χ1) is 10.8. The van der Waals surface area contributed by atoms with Gasteiger partial charge in [0.15, 0.2) is 0 Å². The van der Waals surface area contributed by atoms with Gasteiger partial charge in [-0.15, -0.1) is 0 Å². The minimum absolute atomic E-state index is 0.188. The van der Waals surface area contributed by atoms with Crippen LogP contribution in [-0.4, -0.2) is 23.9 Å². The number of aryl methyl sites for hydroxylation is 2. The van der Waals surface area contributed by atoms with Gasteiger partial charge in [0.25, 0.3) is 0 Å². The van der Waals surface area contributed by atoms with Gasteiger partial charge in [0, 0.05) is 24.0 Å². The van der Waals surface area contributed by atoms with E-state index in [1.54, 1.807) is 6.26 Å². The average molecular weight is 315 g/mol. The molecular formula is C20H29NO2. The molecule has 0 aliphatic rings. The van der Waals surface area contributed by atoms with Gasteiger partial charge in [0.05, 0.1) is 12.7 Å². The molecule has 0 unspecified atom stereocenters. The molecule has 0 saturated heterocycles. The lowest BCUT2D eigenvalue weighted by Crippen LogP contribution is -2.37. The van der Waals surface area contributed by atoms with Crippen LogP contribution in [0.1, 0.15) is 44.4 Å². The first-order valence-corrected chi connectivity index (χ1v) is 8.53. The number of carbonyl (C=O) groups is 1. The highest BCUT2D eigenvalue weighted by Gasteiger charge is 2.19. The molecule has 2 rings (SSSR count). The van der Waals surface area contributed by atoms with Crippen molar-refractivity contribution in [3.8, 4) is 0 Å². The van der Waals surface area contributed by atoms with Gasteiger partial charge >= 0.3 is 0 Å². The maximum atomic E-state index is 12.8. The normalized spacial score (nSPS) is 11.7. The topological polar surface area (TPSA) is 33.5 Å². The number of fused-ring (bicyclic) bond motifs is 1. The van der Waals surface area contributed by atoms with Gasteiger partial charge in [-0.05, 0) is 36.8 Å². The Morgan fingerprint density at radius 3 is 2.26 bits per heavy atom. The molecule has 0 N–H and O–H groups in total. The van der Waals surface area contributed by atoms with Crippen LogP contribution in [0.15, 0.2) is 22.8 Å². The van der Waals surface area contributed by atoms with Crippen molar-refractivity contribution in [1.82, 2.24) is 4.90 Å². The van der Waals surface area contributed by atoms with E-state index in [1.165, 1.54) is 5.56 Å². The van der Waals surface area contributed by atoms with Gasteiger partial charge in [-0.3, -0.25) is 4.79 Å². The molecule has 1 aromatic carbocycles. The molecule has 0 fully saturated rings. The Kier molecular flexibility index (Phi) is 5.51. The highest BCUT2D eigenvalue weighted by Crippen LogP contribution is 2.27. The summed E-state index contributed by atoms with van der Waals surface area (Å²) in [6, 6.07) is 4.17. The fourth-order valence-corrected chi connectivity index (χ4v) is 2.96. The number of rotatable bonds is 6. The number of nitrogens with zero attached hydrogens (tertiary/aromatic N) is 1. The molecule has 0 aliphatic heterocycles. The summed E-state index contributed by atoms with van der Waals surface area (Å²) in [5.41, 5.74) is 4.27. The van der Waals surface area contributed by atoms with Crippen LogP contribution in [0.2, 0.25) is 0 Å². The van der Waals surface area contributed by atoms with Crippen LogP contribution in [-0.2, 0) is 11.2 Å². The number of hydrogen-bond acceptors (Lipinski definition) is 2. The van der Waals surface area contributed by atoms with E-state index in [9.17, 15) is 4.79 Å². The van der Waals surface area contributed by atoms with Crippen molar-refractivity contribution in [2.24, 2.45) is 11.8 Å². The smallest absolute Gasteiger partial charge is 0.227 e. The molecule has 0 spiro atoms. The minimum Gasteiger partial charge on any atom is -0.464 e. The number of hydrogen-bond donors (Lipinski definition) is 0. The summed E-state index contributed by atoms with van der Waals surface area (Å²) in [4.78, 5) is 14.8. The Labute approximate surface area is 139 Å². The van der Waals surface area contributed by atoms with Gasteiger partial charge in [-0.2, -0.15) is 0 Å². The lowest BCUT2D eigenvalue weighted by molar-refractivity contribution is -0.131. The molecule has 1 amide bonds. The van der Waals surface area contributed by atoms with E-state index >= 15 is 0 Å². The summed E-state index contributed by atoms with van der Waals surface area (Å²) in [6.07, 6.45) is 2.16. The van der Waals surface area contributed by atoms with E-state index < -0.39 is 0 Å². The molecule has 0 saturated carbocycles. The molecule has 1 aromatic heterocycles. The van der Waals surface area contributed by atoms with E-state index in [-0.39, 0.29) is 5.91 Å². The van der Waals surface area contributed by atoms with Crippen molar-refractivity contribution >= 4 is 16.9 Å². The van der Waals surface area contributed by atoms with Crippen molar-refractivity contribution in [2.45, 2.75) is 48.0 Å². The SMILES string of the molecule is Cc1ccc2c(CC(=O)N(CC(C)C)CC(C)C)coc2c1C. The Bertz CT molecular complexity index is 672. The first kappa shape index (κ1) is 17.6. The summed E-state index contributed by atoms with van der Waals surface area (Å²) in [5.74, 6) is 1.14. The van der Waals surface area contributed by atoms with Gasteiger partial charge in [0.1, 0.15) is 5.58 Å². The average Bonchev–Trinajstić information content (AvgIpc) is 2.85. The van der Waals surface area contributed by atoms with Crippen molar-refractivity contribution < 1.29 is 9.21 Å². The van der Waals surface area contributed by atoms with Crippen LogP contribution >= 0.6 is 0 Å². The summed E-state index contributed by atoms with van der Waals surface area (Å²) in [5, 5.41) is 1.07. The van der Waals surface area contributed by atoms with E-state index in [0.717, 1.165) is 35.2 Å². The Balaban J connectivity index is 2.23. The zero-order valence-electron chi connectivity index (χ0n) is 15.3. The summed E-state index contributed by atoms with van der Waals surface area (Å²) in [7, 11) is 0. The Morgan fingerprint density at radius 2 is 1.70 bits per heavy atom. The van der Waals surface area contributed by atoms with Crippen LogP contribution < -0.4 is 0 Å². The van der Waals surface area contributed by atoms with E-state index in [4.69, 9.17) is 4.42 Å². The molecule has 0 bridgehead atoms. The van der Waals surface area contributed by atoms with Crippen LogP contribution in [0.25, 0.3) is 11.0 Å². The fourth-order valence-electron chi connectivity index (χ4n) is 2.96. The van der Waals surface area contributed by atoms with E-state index in [2.05, 4.69) is 53.7 Å². The molecule has 3 heteroatoms. The van der Waals surface area contributed by atoms with Crippen LogP contribution in [0.5, 0.6) is 0 Å². The van der Waals surface area contributed by atoms with Gasteiger partial charge in [-0.25, -0.2) is 0 Å². The molecular weight excluding hydrogens is 286 g/mol. The molecule has 1 heterocycles. The number of benzene rings is 1. The summed E-state index contributed by atoms with van der Waals surface area (Å²) in [6.45, 7) is 14.4. The largest absolute Gasteiger partial charge is 0.464 e. The predicted molar refractivity (Wildman–Crippen MR) is 95.6 cm³/mol. The van der Waals surface area contributed by atoms with Crippen molar-refractivity contribution in [2.75, 3.05) is 13.1 Å². The molecule has 2 aromatic rings. The summed E-state index contributed by atoms with van der Waals surface area (Å²) < 4.78 is 5.73. The Hall–Kier alpha value is -1.77. The maximum absolute atomic E-state index is 12.8. The quantitative estimate of drug-likeness (QED) is 0.772. The second-order valence-corrected chi connectivity index (χ2v) is 7.41. The highest BCUT2D eigenvalue weighted by molar-refractivity contribution is 5.89. The molecule has 0 atom stereocenters. The molecule has 3 nitrogen and oxygen atoms in total. The summed E-state index contributed by atoms with van der Waals surface area (Å²) >= 11 is 0. The first-order valence-electron chi connectivity index (χ1n) is 8.53. The van der Waals surface area contributed by atoms with Crippen molar-refractivity contribution in [3.63, 3.8) is 0 Å². The van der Waals surface area contributed by atoms with Crippen LogP contribution in [0.3, 0.4) is 0 Å². The predicted octanol–water partition coefficient (Wildman–Crippen LogP) is 4.73. The van der Waals surface area contributed by atoms with Crippen LogP contribution in [0.4, 0.5) is 0 Å². The number of furan rings is 1. The number of amides is 1. The lowest BCUT2D eigenvalue weighted by atomic mass is 10.0. The standard InChI is InChI=1S/C20H29NO2/c1-13(2)10-21(11-14(3)4)19(22)9-17-12-23-20-16(6)15(5)7-8-18(17)20/h7-8,12-14H,9-11H2,1-6H3. The van der Waals surface area contributed by atoms with Crippen molar-refractivity contribution in [3.05, 3.63) is 35.1 Å². The molecule has 0 aliphatic carbocycles. The van der Waals surface area contributed by atoms with E-state index in [0.29, 0.717) is 18.3 Å². The Morgan fingerprint density at radius 1 is 1.09 bits per heavy atom. The van der Waals surface area contributed by atoms with Gasteiger partial charge in [-0.1, -0.05) is 39.8 Å². The third-order valence-corrected chi connectivity index (χ3v) is 4.21. The third kappa shape index (κ3) is 4.15. The van der Waals surface area contributed by atoms with Crippen molar-refractivity contribution in [1.29, 1.82) is 0 Å². The fraction of sp³-hybridized carbons (Fsp3) is 0.550. The maximum Gasteiger partial charge on any atom is 0.227 e. The van der Waals surface area contributed by atoms with E-state index in [1.807, 2.05) is 4.90 Å². The third-order valence-electron chi connectivity index (χ3n) is 4.21. The second kappa shape index (κ2) is 7.20. The lowest BCUT2D eigenvalue weighted by Gasteiger charge is -2.26. The number of carbonyl (C=O) groups excluding carboxylic acids is 1. The molecule has 23 heavy (non-hydrogen) atoms.